The van der Waals surface area contributed by atoms with E-state index in [-0.39, 0.29) is 30.3 Å². The first-order valence-corrected chi connectivity index (χ1v) is 11.3. The van der Waals surface area contributed by atoms with Gasteiger partial charge in [0.05, 0.1) is 11.0 Å². The highest BCUT2D eigenvalue weighted by molar-refractivity contribution is 7.89. The second kappa shape index (κ2) is 10.4. The van der Waals surface area contributed by atoms with E-state index in [1.54, 1.807) is 0 Å². The summed E-state index contributed by atoms with van der Waals surface area (Å²) in [7, 11) is -3.90. The molecule has 3 rings (SSSR count). The molecule has 0 radical (unpaired) electrons. The zero-order valence-corrected chi connectivity index (χ0v) is 18.0. The number of halogens is 4. The Bertz CT molecular complexity index is 1040. The molecule has 2 aromatic rings. The number of benzene rings is 2. The lowest BCUT2D eigenvalue weighted by Crippen LogP contribution is -2.44. The molecule has 2 aromatic carbocycles. The largest absolute Gasteiger partial charge is 0.573 e. The van der Waals surface area contributed by atoms with Gasteiger partial charge in [0.2, 0.25) is 10.0 Å². The second-order valence-corrected chi connectivity index (χ2v) is 9.09. The first-order chi connectivity index (χ1) is 15.5. The summed E-state index contributed by atoms with van der Waals surface area (Å²) < 4.78 is 80.0. The van der Waals surface area contributed by atoms with Crippen LogP contribution in [0.4, 0.5) is 22.4 Å². The molecule has 0 bridgehead atoms. The van der Waals surface area contributed by atoms with Crippen LogP contribution in [0.15, 0.2) is 53.4 Å². The number of hydrogen-bond donors (Lipinski definition) is 2. The third kappa shape index (κ3) is 7.30. The van der Waals surface area contributed by atoms with Crippen LogP contribution in [0, 0.1) is 5.82 Å². The van der Waals surface area contributed by atoms with Crippen molar-refractivity contribution in [3.05, 3.63) is 59.9 Å². The van der Waals surface area contributed by atoms with Crippen LogP contribution in [0.5, 0.6) is 5.75 Å². The van der Waals surface area contributed by atoms with Crippen molar-refractivity contribution in [1.29, 1.82) is 0 Å². The van der Waals surface area contributed by atoms with Gasteiger partial charge in [0.15, 0.2) is 0 Å². The molecule has 1 saturated heterocycles. The quantitative estimate of drug-likeness (QED) is 0.458. The number of amides is 2. The molecule has 13 heteroatoms. The number of nitrogens with zero attached hydrogens (tertiary/aromatic N) is 1. The summed E-state index contributed by atoms with van der Waals surface area (Å²) in [5.74, 6) is -0.898. The summed E-state index contributed by atoms with van der Waals surface area (Å²) in [5.41, 5.74) is 2.94. The van der Waals surface area contributed by atoms with Crippen molar-refractivity contribution >= 4 is 16.1 Å². The number of carbonyl (C=O) groups is 1. The summed E-state index contributed by atoms with van der Waals surface area (Å²) in [4.78, 5) is 17.0. The first-order valence-electron chi connectivity index (χ1n) is 9.83. The van der Waals surface area contributed by atoms with Crippen molar-refractivity contribution < 1.29 is 40.3 Å². The lowest BCUT2D eigenvalue weighted by atomic mass is 10.1. The summed E-state index contributed by atoms with van der Waals surface area (Å²) >= 11 is 0. The number of rotatable bonds is 7. The van der Waals surface area contributed by atoms with Gasteiger partial charge < -0.3 is 10.1 Å². The van der Waals surface area contributed by atoms with E-state index in [1.807, 2.05) is 0 Å². The summed E-state index contributed by atoms with van der Waals surface area (Å²) in [6.07, 6.45) is -4.69. The van der Waals surface area contributed by atoms with E-state index in [0.717, 1.165) is 24.3 Å². The number of piperidine rings is 1. The third-order valence-electron chi connectivity index (χ3n) is 4.78. The van der Waals surface area contributed by atoms with Crippen molar-refractivity contribution in [2.45, 2.75) is 36.7 Å². The highest BCUT2D eigenvalue weighted by Gasteiger charge is 2.32. The molecular formula is C20H21F4N3O5S. The normalized spacial score (nSPS) is 15.8. The van der Waals surface area contributed by atoms with Gasteiger partial charge in [0, 0.05) is 19.6 Å². The predicted molar refractivity (Wildman–Crippen MR) is 108 cm³/mol. The number of nitrogens with one attached hydrogen (secondary N) is 2. The standard InChI is InChI=1S/C20H21F4N3O5S/c21-15-3-1-14(2-4-15)13-25-19(28)26-32-17-9-11-27(12-10-17)33(29,30)18-7-5-16(6-8-18)31-20(22,23)24/h1-8,17H,9-13H2,(H2,25,26,28). The maximum absolute atomic E-state index is 12.9. The fraction of sp³-hybridized carbons (Fsp3) is 0.350. The molecule has 2 amide bonds. The molecule has 2 N–H and O–H groups in total. The van der Waals surface area contributed by atoms with Crippen LogP contribution in [0.25, 0.3) is 0 Å². The highest BCUT2D eigenvalue weighted by atomic mass is 32.2. The van der Waals surface area contributed by atoms with Crippen molar-refractivity contribution in [3.63, 3.8) is 0 Å². The Hall–Kier alpha value is -2.90. The van der Waals surface area contributed by atoms with E-state index >= 15 is 0 Å². The van der Waals surface area contributed by atoms with Gasteiger partial charge in [-0.05, 0) is 54.8 Å². The average Bonchev–Trinajstić information content (AvgIpc) is 2.77. The fourth-order valence-electron chi connectivity index (χ4n) is 3.11. The molecule has 0 spiro atoms. The molecule has 0 aliphatic carbocycles. The monoisotopic (exact) mass is 491 g/mol. The van der Waals surface area contributed by atoms with E-state index in [2.05, 4.69) is 15.5 Å². The van der Waals surface area contributed by atoms with Gasteiger partial charge >= 0.3 is 12.4 Å². The lowest BCUT2D eigenvalue weighted by Gasteiger charge is -2.30. The maximum Gasteiger partial charge on any atom is 0.573 e. The van der Waals surface area contributed by atoms with Crippen molar-refractivity contribution in [3.8, 4) is 5.75 Å². The van der Waals surface area contributed by atoms with Gasteiger partial charge in [-0.3, -0.25) is 4.84 Å². The van der Waals surface area contributed by atoms with Crippen molar-refractivity contribution in [2.75, 3.05) is 13.1 Å². The van der Waals surface area contributed by atoms with Crippen LogP contribution in [0.2, 0.25) is 0 Å². The molecule has 0 saturated carbocycles. The van der Waals surface area contributed by atoms with Crippen LogP contribution in [0.1, 0.15) is 18.4 Å². The third-order valence-corrected chi connectivity index (χ3v) is 6.69. The van der Waals surface area contributed by atoms with E-state index in [0.29, 0.717) is 18.4 Å². The molecule has 33 heavy (non-hydrogen) atoms. The van der Waals surface area contributed by atoms with E-state index in [4.69, 9.17) is 4.84 Å². The second-order valence-electron chi connectivity index (χ2n) is 7.15. The number of sulfonamides is 1. The topological polar surface area (TPSA) is 97.0 Å². The Kier molecular flexibility index (Phi) is 7.76. The fourth-order valence-corrected chi connectivity index (χ4v) is 4.58. The molecule has 1 heterocycles. The number of alkyl halides is 3. The molecule has 0 atom stereocenters. The SMILES string of the molecule is O=C(NCc1ccc(F)cc1)NOC1CCN(S(=O)(=O)c2ccc(OC(F)(F)F)cc2)CC1. The van der Waals surface area contributed by atoms with Gasteiger partial charge in [0.25, 0.3) is 0 Å². The van der Waals surface area contributed by atoms with Crippen LogP contribution in [0.3, 0.4) is 0 Å². The molecule has 0 aromatic heterocycles. The van der Waals surface area contributed by atoms with E-state index in [9.17, 15) is 30.8 Å². The predicted octanol–water partition coefficient (Wildman–Crippen LogP) is 3.31. The Balaban J connectivity index is 1.44. The Morgan fingerprint density at radius 2 is 1.64 bits per heavy atom. The van der Waals surface area contributed by atoms with Gasteiger partial charge in [-0.1, -0.05) is 12.1 Å². The van der Waals surface area contributed by atoms with E-state index in [1.165, 1.54) is 28.6 Å². The van der Waals surface area contributed by atoms with Crippen molar-refractivity contribution in [2.24, 2.45) is 0 Å². The van der Waals surface area contributed by atoms with Gasteiger partial charge in [-0.25, -0.2) is 23.1 Å². The zero-order chi connectivity index (χ0) is 24.1. The van der Waals surface area contributed by atoms with Crippen LogP contribution in [-0.4, -0.2) is 44.3 Å². The Labute approximate surface area is 187 Å². The maximum atomic E-state index is 12.9. The number of ether oxygens (including phenoxy) is 1. The minimum absolute atomic E-state index is 0.104. The van der Waals surface area contributed by atoms with E-state index < -0.39 is 34.3 Å². The molecule has 1 fully saturated rings. The van der Waals surface area contributed by atoms with Crippen molar-refractivity contribution in [1.82, 2.24) is 15.1 Å². The molecule has 8 nitrogen and oxygen atoms in total. The minimum Gasteiger partial charge on any atom is -0.406 e. The van der Waals surface area contributed by atoms with Crippen LogP contribution < -0.4 is 15.5 Å². The van der Waals surface area contributed by atoms with Crippen LogP contribution in [-0.2, 0) is 21.4 Å². The minimum atomic E-state index is -4.87. The number of urea groups is 1. The smallest absolute Gasteiger partial charge is 0.406 e. The Morgan fingerprint density at radius 3 is 2.21 bits per heavy atom. The molecule has 1 aliphatic rings. The lowest BCUT2D eigenvalue weighted by molar-refractivity contribution is -0.274. The zero-order valence-electron chi connectivity index (χ0n) is 17.1. The average molecular weight is 491 g/mol. The van der Waals surface area contributed by atoms with Gasteiger partial charge in [-0.2, -0.15) is 4.31 Å². The first kappa shape index (κ1) is 24.7. The molecular weight excluding hydrogens is 470 g/mol. The van der Waals surface area contributed by atoms with Gasteiger partial charge in [-0.15, -0.1) is 13.2 Å². The number of hydrogen-bond acceptors (Lipinski definition) is 5. The molecule has 0 unspecified atom stereocenters. The summed E-state index contributed by atoms with van der Waals surface area (Å²) in [5, 5.41) is 2.55. The number of carbonyl (C=O) groups excluding carboxylic acids is 1. The molecule has 180 valence electrons. The molecule has 1 aliphatic heterocycles. The van der Waals surface area contributed by atoms with Crippen LogP contribution >= 0.6 is 0 Å². The summed E-state index contributed by atoms with van der Waals surface area (Å²) in [6, 6.07) is 8.98. The number of hydroxylamine groups is 1. The summed E-state index contributed by atoms with van der Waals surface area (Å²) in [6.45, 7) is 0.373. The highest BCUT2D eigenvalue weighted by Crippen LogP contribution is 2.26. The Morgan fingerprint density at radius 1 is 1.03 bits per heavy atom. The van der Waals surface area contributed by atoms with Gasteiger partial charge in [0.1, 0.15) is 11.6 Å².